The average molecular weight is 381 g/mol. The van der Waals surface area contributed by atoms with Gasteiger partial charge in [-0.05, 0) is 38.1 Å². The van der Waals surface area contributed by atoms with Gasteiger partial charge < -0.3 is 14.5 Å². The van der Waals surface area contributed by atoms with Crippen molar-refractivity contribution in [3.63, 3.8) is 0 Å². The van der Waals surface area contributed by atoms with Gasteiger partial charge in [-0.2, -0.15) is 4.68 Å². The van der Waals surface area contributed by atoms with Gasteiger partial charge in [-0.3, -0.25) is 9.59 Å². The van der Waals surface area contributed by atoms with Crippen molar-refractivity contribution < 1.29 is 18.7 Å². The zero-order chi connectivity index (χ0) is 20.1. The van der Waals surface area contributed by atoms with E-state index in [1.807, 2.05) is 25.1 Å². The van der Waals surface area contributed by atoms with Crippen LogP contribution in [0.25, 0.3) is 11.5 Å². The molecule has 0 saturated carbocycles. The second-order valence-corrected chi connectivity index (χ2v) is 6.18. The van der Waals surface area contributed by atoms with Gasteiger partial charge in [0.05, 0.1) is 0 Å². The van der Waals surface area contributed by atoms with E-state index in [4.69, 9.17) is 9.15 Å². The molecule has 0 aliphatic heterocycles. The number of benzene rings is 2. The Morgan fingerprint density at radius 1 is 1.14 bits per heavy atom. The van der Waals surface area contributed by atoms with Crippen molar-refractivity contribution in [3.05, 3.63) is 70.7 Å². The van der Waals surface area contributed by atoms with Gasteiger partial charge in [0.15, 0.2) is 6.10 Å². The molecule has 2 aromatic carbocycles. The summed E-state index contributed by atoms with van der Waals surface area (Å²) in [7, 11) is 0. The number of rotatable bonds is 6. The van der Waals surface area contributed by atoms with Crippen molar-refractivity contribution in [1.29, 1.82) is 0 Å². The Morgan fingerprint density at radius 2 is 1.82 bits per heavy atom. The van der Waals surface area contributed by atoms with Crippen LogP contribution < -0.4 is 11.1 Å². The number of amides is 1. The van der Waals surface area contributed by atoms with Gasteiger partial charge in [0.2, 0.25) is 5.89 Å². The first-order chi connectivity index (χ1) is 13.4. The third-order valence-electron chi connectivity index (χ3n) is 3.90. The van der Waals surface area contributed by atoms with Gasteiger partial charge in [-0.15, -0.1) is 5.10 Å². The number of aryl methyl sites for hydroxylation is 1. The molecule has 3 aromatic rings. The van der Waals surface area contributed by atoms with Crippen LogP contribution in [0, 0.1) is 6.92 Å². The van der Waals surface area contributed by atoms with Crippen LogP contribution in [0.4, 0.5) is 5.69 Å². The van der Waals surface area contributed by atoms with E-state index in [-0.39, 0.29) is 5.89 Å². The fourth-order valence-corrected chi connectivity index (χ4v) is 2.39. The van der Waals surface area contributed by atoms with Gasteiger partial charge in [-0.1, -0.05) is 35.9 Å². The second kappa shape index (κ2) is 8.34. The minimum atomic E-state index is -1.04. The van der Waals surface area contributed by atoms with Crippen LogP contribution in [0.2, 0.25) is 0 Å². The van der Waals surface area contributed by atoms with Crippen molar-refractivity contribution in [1.82, 2.24) is 9.78 Å². The monoisotopic (exact) mass is 381 g/mol. The van der Waals surface area contributed by atoms with Crippen LogP contribution in [0.1, 0.15) is 12.5 Å². The molecule has 1 aromatic heterocycles. The maximum absolute atomic E-state index is 12.2. The normalized spacial score (nSPS) is 11.6. The van der Waals surface area contributed by atoms with Crippen LogP contribution in [-0.2, 0) is 20.9 Å². The zero-order valence-corrected chi connectivity index (χ0v) is 15.4. The molecule has 1 heterocycles. The van der Waals surface area contributed by atoms with E-state index in [9.17, 15) is 14.4 Å². The molecule has 0 radical (unpaired) electrons. The molecule has 8 heteroatoms. The van der Waals surface area contributed by atoms with Crippen molar-refractivity contribution >= 4 is 17.6 Å². The molecule has 28 heavy (non-hydrogen) atoms. The van der Waals surface area contributed by atoms with Gasteiger partial charge in [0.1, 0.15) is 6.54 Å². The highest BCUT2D eigenvalue weighted by molar-refractivity contribution is 5.95. The number of nitrogens with one attached hydrogen (secondary N) is 1. The lowest BCUT2D eigenvalue weighted by atomic mass is 10.2. The van der Waals surface area contributed by atoms with Gasteiger partial charge in [0.25, 0.3) is 5.91 Å². The average Bonchev–Trinajstić information content (AvgIpc) is 3.04. The molecule has 0 aliphatic rings. The first-order valence-corrected chi connectivity index (χ1v) is 8.63. The number of ether oxygens (including phenoxy) is 1. The van der Waals surface area contributed by atoms with Crippen LogP contribution in [0.3, 0.4) is 0 Å². The number of nitrogens with zero attached hydrogens (tertiary/aromatic N) is 2. The Balaban J connectivity index is 1.59. The molecule has 0 saturated heterocycles. The summed E-state index contributed by atoms with van der Waals surface area (Å²) in [6.07, 6.45) is -1.04. The third kappa shape index (κ3) is 4.73. The number of hydrogen-bond donors (Lipinski definition) is 1. The molecule has 1 amide bonds. The first-order valence-electron chi connectivity index (χ1n) is 8.63. The number of anilines is 1. The molecule has 0 fully saturated rings. The fourth-order valence-electron chi connectivity index (χ4n) is 2.39. The van der Waals surface area contributed by atoms with E-state index >= 15 is 0 Å². The number of carbonyl (C=O) groups is 2. The van der Waals surface area contributed by atoms with E-state index in [0.717, 1.165) is 10.2 Å². The minimum absolute atomic E-state index is 0.101. The molecule has 0 bridgehead atoms. The lowest BCUT2D eigenvalue weighted by molar-refractivity contribution is -0.154. The standard InChI is InChI=1S/C20H19N3O5/c1-13-8-10-16(11-9-13)21-18(25)14(2)27-17(24)12-23-20(26)28-19(22-23)15-6-4-3-5-7-15/h3-11,14H,12H2,1-2H3,(H,21,25)/t14-/m1/s1. The Kier molecular flexibility index (Phi) is 5.69. The Hall–Kier alpha value is -3.68. The largest absolute Gasteiger partial charge is 0.451 e. The van der Waals surface area contributed by atoms with Crippen LogP contribution in [-0.4, -0.2) is 27.8 Å². The van der Waals surface area contributed by atoms with E-state index < -0.39 is 30.3 Å². The highest BCUT2D eigenvalue weighted by Gasteiger charge is 2.20. The smallest absolute Gasteiger partial charge is 0.437 e. The molecular formula is C20H19N3O5. The molecule has 0 unspecified atom stereocenters. The SMILES string of the molecule is Cc1ccc(NC(=O)[C@@H](C)OC(=O)Cn2nc(-c3ccccc3)oc2=O)cc1. The third-order valence-corrected chi connectivity index (χ3v) is 3.90. The molecule has 1 atom stereocenters. The lowest BCUT2D eigenvalue weighted by Gasteiger charge is -2.13. The maximum Gasteiger partial charge on any atom is 0.437 e. The summed E-state index contributed by atoms with van der Waals surface area (Å²) in [5.41, 5.74) is 2.27. The van der Waals surface area contributed by atoms with Crippen LogP contribution >= 0.6 is 0 Å². The van der Waals surface area contributed by atoms with Crippen molar-refractivity contribution in [2.75, 3.05) is 5.32 Å². The topological polar surface area (TPSA) is 103 Å². The quantitative estimate of drug-likeness (QED) is 0.658. The maximum atomic E-state index is 12.2. The summed E-state index contributed by atoms with van der Waals surface area (Å²) < 4.78 is 11.0. The fraction of sp³-hybridized carbons (Fsp3) is 0.200. The lowest BCUT2D eigenvalue weighted by Crippen LogP contribution is -2.32. The first kappa shape index (κ1) is 19.1. The van der Waals surface area contributed by atoms with Gasteiger partial charge in [-0.25, -0.2) is 4.79 Å². The second-order valence-electron chi connectivity index (χ2n) is 6.18. The van der Waals surface area contributed by atoms with Crippen LogP contribution in [0.5, 0.6) is 0 Å². The van der Waals surface area contributed by atoms with E-state index in [0.29, 0.717) is 11.3 Å². The summed E-state index contributed by atoms with van der Waals surface area (Å²) in [5, 5.41) is 6.64. The molecule has 8 nitrogen and oxygen atoms in total. The minimum Gasteiger partial charge on any atom is -0.451 e. The van der Waals surface area contributed by atoms with Gasteiger partial charge >= 0.3 is 11.7 Å². The molecular weight excluding hydrogens is 362 g/mol. The zero-order valence-electron chi connectivity index (χ0n) is 15.4. The highest BCUT2D eigenvalue weighted by atomic mass is 16.5. The molecule has 144 valence electrons. The van der Waals surface area contributed by atoms with Gasteiger partial charge in [0, 0.05) is 11.3 Å². The predicted molar refractivity (Wildman–Crippen MR) is 102 cm³/mol. The summed E-state index contributed by atoms with van der Waals surface area (Å²) in [4.78, 5) is 36.1. The van der Waals surface area contributed by atoms with E-state index in [2.05, 4.69) is 10.4 Å². The Labute approximate surface area is 160 Å². The Bertz CT molecular complexity index is 1020. The van der Waals surface area contributed by atoms with Crippen molar-refractivity contribution in [2.45, 2.75) is 26.5 Å². The van der Waals surface area contributed by atoms with Crippen molar-refractivity contribution in [3.8, 4) is 11.5 Å². The number of carbonyl (C=O) groups excluding carboxylic acids is 2. The summed E-state index contributed by atoms with van der Waals surface area (Å²) >= 11 is 0. The van der Waals surface area contributed by atoms with Crippen molar-refractivity contribution in [2.24, 2.45) is 0 Å². The Morgan fingerprint density at radius 3 is 2.50 bits per heavy atom. The summed E-state index contributed by atoms with van der Waals surface area (Å²) in [6.45, 7) is 2.92. The van der Waals surface area contributed by atoms with Crippen LogP contribution in [0.15, 0.2) is 63.8 Å². The molecule has 0 aliphatic carbocycles. The molecule has 1 N–H and O–H groups in total. The predicted octanol–water partition coefficient (Wildman–Crippen LogP) is 2.38. The number of hydrogen-bond acceptors (Lipinski definition) is 6. The molecule has 0 spiro atoms. The highest BCUT2D eigenvalue weighted by Crippen LogP contribution is 2.14. The molecule has 3 rings (SSSR count). The number of aromatic nitrogens is 2. The van der Waals surface area contributed by atoms with E-state index in [1.54, 1.807) is 36.4 Å². The van der Waals surface area contributed by atoms with E-state index in [1.165, 1.54) is 6.92 Å². The summed E-state index contributed by atoms with van der Waals surface area (Å²) in [6, 6.07) is 16.0. The summed E-state index contributed by atoms with van der Waals surface area (Å²) in [5.74, 6) is -1.94. The number of esters is 1.